The van der Waals surface area contributed by atoms with E-state index >= 15 is 0 Å². The van der Waals surface area contributed by atoms with E-state index in [4.69, 9.17) is 0 Å². The first-order chi connectivity index (χ1) is 21.2. The van der Waals surface area contributed by atoms with Crippen molar-refractivity contribution < 1.29 is 0 Å². The summed E-state index contributed by atoms with van der Waals surface area (Å²) in [6.45, 7) is 4.68. The fraction of sp³-hybridized carbons (Fsp3) is 0.0952. The van der Waals surface area contributed by atoms with Crippen LogP contribution in [0.4, 0.5) is 0 Å². The Morgan fingerprint density at radius 1 is 0.558 bits per heavy atom. The van der Waals surface area contributed by atoms with Gasteiger partial charge in [-0.05, 0) is 96.3 Å². The van der Waals surface area contributed by atoms with Gasteiger partial charge in [-0.15, -0.1) is 0 Å². The molecule has 0 aliphatic heterocycles. The zero-order valence-corrected chi connectivity index (χ0v) is 25.5. The van der Waals surface area contributed by atoms with E-state index in [1.165, 1.54) is 76.6 Å². The monoisotopic (exact) mass is 568 g/mol. The van der Waals surface area contributed by atoms with Crippen molar-refractivity contribution in [2.75, 3.05) is 13.3 Å². The summed E-state index contributed by atoms with van der Waals surface area (Å²) in [4.78, 5) is 0. The molecule has 43 heavy (non-hydrogen) atoms. The summed E-state index contributed by atoms with van der Waals surface area (Å²) >= 11 is 0. The third-order valence-electron chi connectivity index (χ3n) is 9.17. The lowest BCUT2D eigenvalue weighted by atomic mass is 9.80. The van der Waals surface area contributed by atoms with Gasteiger partial charge in [-0.2, -0.15) is 0 Å². The van der Waals surface area contributed by atoms with Crippen molar-refractivity contribution in [1.82, 2.24) is 0 Å². The van der Waals surface area contributed by atoms with Crippen molar-refractivity contribution in [1.29, 1.82) is 0 Å². The van der Waals surface area contributed by atoms with Crippen LogP contribution in [0.25, 0.3) is 60.1 Å². The topological polar surface area (TPSA) is 0 Å². The lowest BCUT2D eigenvalue weighted by Crippen LogP contribution is -2.06. The standard InChI is InChI=1S/C42H33P/c1-43(2)40-26-25-33(34-13-5-6-14-35(34)40)29-20-22-30(23-21-29)41-36-15-7-9-17-38(36)42(39-18-10-8-16-37(39)41)32-24-19-28-11-3-4-12-31(28)27-32/h3-18,20-28H,19H2,1-2H3. The van der Waals surface area contributed by atoms with Crippen molar-refractivity contribution in [3.63, 3.8) is 0 Å². The highest BCUT2D eigenvalue weighted by Crippen LogP contribution is 2.44. The zero-order chi connectivity index (χ0) is 28.9. The summed E-state index contributed by atoms with van der Waals surface area (Å²) in [6, 6.07) is 40.8. The lowest BCUT2D eigenvalue weighted by Gasteiger charge is -2.24. The predicted octanol–water partition coefficient (Wildman–Crippen LogP) is 11.3. The first-order valence-corrected chi connectivity index (χ1v) is 17.4. The Hall–Kier alpha value is -4.51. The van der Waals surface area contributed by atoms with Crippen molar-refractivity contribution in [3.05, 3.63) is 157 Å². The van der Waals surface area contributed by atoms with Gasteiger partial charge in [-0.25, -0.2) is 0 Å². The highest BCUT2D eigenvalue weighted by Gasteiger charge is 2.21. The maximum atomic E-state index is 2.44. The molecule has 0 bridgehead atoms. The summed E-state index contributed by atoms with van der Waals surface area (Å²) < 4.78 is 0. The molecule has 1 atom stereocenters. The first-order valence-electron chi connectivity index (χ1n) is 15.2. The molecule has 1 heteroatoms. The average Bonchev–Trinajstić information content (AvgIpc) is 3.06. The van der Waals surface area contributed by atoms with Crippen LogP contribution in [0.5, 0.6) is 0 Å². The summed E-state index contributed by atoms with van der Waals surface area (Å²) in [7, 11) is -0.172. The van der Waals surface area contributed by atoms with Crippen LogP contribution < -0.4 is 5.30 Å². The molecule has 206 valence electrons. The van der Waals surface area contributed by atoms with Gasteiger partial charge < -0.3 is 0 Å². The fourth-order valence-electron chi connectivity index (χ4n) is 7.13. The van der Waals surface area contributed by atoms with Gasteiger partial charge in [0.05, 0.1) is 0 Å². The second-order valence-corrected chi connectivity index (χ2v) is 14.2. The van der Waals surface area contributed by atoms with Crippen LogP contribution in [0.2, 0.25) is 0 Å². The normalized spacial score (nSPS) is 16.1. The molecule has 0 nitrogen and oxygen atoms in total. The van der Waals surface area contributed by atoms with Gasteiger partial charge in [-0.1, -0.05) is 154 Å². The van der Waals surface area contributed by atoms with Gasteiger partial charge in [-0.3, -0.25) is 0 Å². The summed E-state index contributed by atoms with van der Waals surface area (Å²) in [6.07, 6.45) is 14.8. The molecule has 2 aliphatic carbocycles. The molecule has 0 aromatic heterocycles. The molecule has 0 saturated heterocycles. The Morgan fingerprint density at radius 2 is 1.14 bits per heavy atom. The van der Waals surface area contributed by atoms with Crippen molar-refractivity contribution in [3.8, 4) is 22.3 Å². The molecule has 6 aromatic carbocycles. The summed E-state index contributed by atoms with van der Waals surface area (Å²) in [5, 5.41) is 9.43. The van der Waals surface area contributed by atoms with E-state index in [2.05, 4.69) is 159 Å². The minimum atomic E-state index is -0.172. The van der Waals surface area contributed by atoms with Crippen LogP contribution in [0.1, 0.15) is 12.0 Å². The zero-order valence-electron chi connectivity index (χ0n) is 24.6. The molecule has 0 N–H and O–H groups in total. The Bertz CT molecular complexity index is 2110. The van der Waals surface area contributed by atoms with Gasteiger partial charge in [0.25, 0.3) is 0 Å². The van der Waals surface area contributed by atoms with E-state index in [1.54, 1.807) is 0 Å². The van der Waals surface area contributed by atoms with Gasteiger partial charge >= 0.3 is 0 Å². The molecule has 0 heterocycles. The maximum Gasteiger partial charge on any atom is 0.00561 e. The average molecular weight is 569 g/mol. The van der Waals surface area contributed by atoms with Crippen molar-refractivity contribution in [2.45, 2.75) is 6.42 Å². The maximum absolute atomic E-state index is 2.44. The van der Waals surface area contributed by atoms with Crippen LogP contribution in [0.3, 0.4) is 0 Å². The van der Waals surface area contributed by atoms with Crippen molar-refractivity contribution >= 4 is 51.1 Å². The van der Waals surface area contributed by atoms with Crippen LogP contribution in [0, 0.1) is 5.92 Å². The van der Waals surface area contributed by atoms with Crippen LogP contribution in [-0.2, 0) is 0 Å². The number of fused-ring (bicyclic) bond motifs is 4. The van der Waals surface area contributed by atoms with Crippen LogP contribution >= 0.6 is 7.92 Å². The van der Waals surface area contributed by atoms with Crippen LogP contribution in [0.15, 0.2) is 151 Å². The minimum absolute atomic E-state index is 0.172. The Morgan fingerprint density at radius 3 is 1.79 bits per heavy atom. The second kappa shape index (κ2) is 10.6. The molecular formula is C42H33P. The second-order valence-electron chi connectivity index (χ2n) is 11.9. The summed E-state index contributed by atoms with van der Waals surface area (Å²) in [5.41, 5.74) is 9.21. The van der Waals surface area contributed by atoms with E-state index in [0.29, 0.717) is 5.92 Å². The largest absolute Gasteiger partial charge is 0.0810 e. The SMILES string of the molecule is CP(C)c1ccc(-c2ccc(-c3c4ccccc4c(C4=CCC5C=CC=CC5=C4)c4ccccc34)cc2)c2ccccc12. The smallest absolute Gasteiger partial charge is 0.00561 e. The lowest BCUT2D eigenvalue weighted by molar-refractivity contribution is 0.783. The molecule has 0 spiro atoms. The fourth-order valence-corrected chi connectivity index (χ4v) is 8.18. The van der Waals surface area contributed by atoms with E-state index < -0.39 is 0 Å². The highest BCUT2D eigenvalue weighted by atomic mass is 31.1. The number of allylic oxidation sites excluding steroid dienone is 8. The van der Waals surface area contributed by atoms with Crippen LogP contribution in [-0.4, -0.2) is 13.3 Å². The van der Waals surface area contributed by atoms with E-state index in [1.807, 2.05) is 0 Å². The Balaban J connectivity index is 1.30. The highest BCUT2D eigenvalue weighted by molar-refractivity contribution is 7.64. The Labute approximate surface area is 255 Å². The molecule has 0 radical (unpaired) electrons. The number of hydrogen-bond donors (Lipinski definition) is 0. The van der Waals surface area contributed by atoms with Gasteiger partial charge in [0, 0.05) is 5.92 Å². The van der Waals surface area contributed by atoms with Gasteiger partial charge in [0.1, 0.15) is 0 Å². The van der Waals surface area contributed by atoms with Crippen molar-refractivity contribution in [2.24, 2.45) is 5.92 Å². The molecule has 0 saturated carbocycles. The molecule has 6 aromatic rings. The Kier molecular flexibility index (Phi) is 6.47. The summed E-state index contributed by atoms with van der Waals surface area (Å²) in [5.74, 6) is 0.490. The van der Waals surface area contributed by atoms with Gasteiger partial charge in [0.15, 0.2) is 0 Å². The third kappa shape index (κ3) is 4.41. The van der Waals surface area contributed by atoms with E-state index in [-0.39, 0.29) is 7.92 Å². The third-order valence-corrected chi connectivity index (χ3v) is 10.5. The molecule has 8 rings (SSSR count). The minimum Gasteiger partial charge on any atom is -0.0810 e. The molecule has 1 unspecified atom stereocenters. The number of benzene rings is 6. The molecule has 0 fully saturated rings. The van der Waals surface area contributed by atoms with Gasteiger partial charge in [0.2, 0.25) is 0 Å². The quantitative estimate of drug-likeness (QED) is 0.147. The van der Waals surface area contributed by atoms with E-state index in [9.17, 15) is 0 Å². The van der Waals surface area contributed by atoms with E-state index in [0.717, 1.165) is 6.42 Å². The number of rotatable bonds is 4. The first kappa shape index (κ1) is 26.1. The number of hydrogen-bond acceptors (Lipinski definition) is 0. The molecule has 2 aliphatic rings. The predicted molar refractivity (Wildman–Crippen MR) is 191 cm³/mol. The molecular weight excluding hydrogens is 535 g/mol. The molecule has 0 amide bonds.